The Kier molecular flexibility index (Phi) is 13.2. The summed E-state index contributed by atoms with van der Waals surface area (Å²) in [4.78, 5) is 8.41. The fourth-order valence-electron chi connectivity index (χ4n) is 3.81. The number of pyridine rings is 1. The molecule has 4 nitrogen and oxygen atoms in total. The highest BCUT2D eigenvalue weighted by Gasteiger charge is 2.20. The number of rotatable bonds is 8. The molecule has 1 unspecified atom stereocenters. The summed E-state index contributed by atoms with van der Waals surface area (Å²) in [5.74, 6) is 0.434. The van der Waals surface area contributed by atoms with Crippen LogP contribution in [0.5, 0.6) is 5.75 Å². The molecule has 0 bridgehead atoms. The van der Waals surface area contributed by atoms with Crippen LogP contribution in [0, 0.1) is 5.82 Å². The number of nitrogens with zero attached hydrogens (tertiary/aromatic N) is 3. The first-order valence-corrected chi connectivity index (χ1v) is 10.6. The summed E-state index contributed by atoms with van der Waals surface area (Å²) in [5, 5.41) is 0. The van der Waals surface area contributed by atoms with Crippen LogP contribution < -0.4 is 9.64 Å². The summed E-state index contributed by atoms with van der Waals surface area (Å²) in [6, 6.07) is 18.6. The molecule has 1 aliphatic rings. The van der Waals surface area contributed by atoms with Crippen LogP contribution in [0.25, 0.3) is 0 Å². The van der Waals surface area contributed by atoms with Gasteiger partial charge < -0.3 is 9.64 Å². The minimum atomic E-state index is -1.02. The summed E-state index contributed by atoms with van der Waals surface area (Å²) in [6.07, 6.45) is 3.03. The molecule has 1 aliphatic heterocycles. The zero-order valence-electron chi connectivity index (χ0n) is 18.7. The van der Waals surface area contributed by atoms with E-state index >= 15 is 0 Å². The monoisotopic (exact) mass is 531 g/mol. The fraction of sp³-hybridized carbons (Fsp3) is 0.320. The van der Waals surface area contributed by atoms with E-state index in [-0.39, 0.29) is 49.6 Å². The Morgan fingerprint density at radius 1 is 0.794 bits per heavy atom. The van der Waals surface area contributed by atoms with Crippen molar-refractivity contribution < 1.29 is 13.5 Å². The SMILES string of the molecule is Cl.Cl.Cl.Fc1ccc(Cc2ccc(N3CCN(CC(F)COc4ccncc4)CC3)cc2)cc1. The molecule has 2 heterocycles. The van der Waals surface area contributed by atoms with E-state index in [4.69, 9.17) is 4.74 Å². The highest BCUT2D eigenvalue weighted by Crippen LogP contribution is 2.19. The van der Waals surface area contributed by atoms with Crippen molar-refractivity contribution in [1.82, 2.24) is 9.88 Å². The molecule has 9 heteroatoms. The Labute approximate surface area is 218 Å². The molecular weight excluding hydrogens is 503 g/mol. The molecular formula is C25H30Cl3F2N3O. The van der Waals surface area contributed by atoms with Gasteiger partial charge in [0.2, 0.25) is 0 Å². The minimum Gasteiger partial charge on any atom is -0.490 e. The first-order chi connectivity index (χ1) is 15.2. The second-order valence-electron chi connectivity index (χ2n) is 7.85. The predicted octanol–water partition coefficient (Wildman–Crippen LogP) is 5.62. The van der Waals surface area contributed by atoms with Crippen molar-refractivity contribution in [2.24, 2.45) is 0 Å². The van der Waals surface area contributed by atoms with Gasteiger partial charge in [-0.2, -0.15) is 0 Å². The molecule has 4 rings (SSSR count). The molecule has 0 saturated carbocycles. The van der Waals surface area contributed by atoms with E-state index in [9.17, 15) is 8.78 Å². The van der Waals surface area contributed by atoms with E-state index < -0.39 is 6.17 Å². The quantitative estimate of drug-likeness (QED) is 0.377. The van der Waals surface area contributed by atoms with Crippen molar-refractivity contribution in [3.05, 3.63) is 90.0 Å². The van der Waals surface area contributed by atoms with Crippen molar-refractivity contribution in [2.75, 3.05) is 44.2 Å². The third-order valence-electron chi connectivity index (χ3n) is 5.53. The molecule has 1 saturated heterocycles. The van der Waals surface area contributed by atoms with E-state index in [1.807, 2.05) is 12.1 Å². The lowest BCUT2D eigenvalue weighted by molar-refractivity contribution is 0.133. The van der Waals surface area contributed by atoms with Crippen LogP contribution in [0.15, 0.2) is 73.1 Å². The third kappa shape index (κ3) is 8.91. The number of alkyl halides is 1. The summed E-state index contributed by atoms with van der Waals surface area (Å²) < 4.78 is 32.9. The van der Waals surface area contributed by atoms with Gasteiger partial charge in [-0.3, -0.25) is 9.88 Å². The maximum absolute atomic E-state index is 14.3. The average molecular weight is 533 g/mol. The highest BCUT2D eigenvalue weighted by molar-refractivity contribution is 5.86. The van der Waals surface area contributed by atoms with Crippen LogP contribution in [0.3, 0.4) is 0 Å². The zero-order valence-corrected chi connectivity index (χ0v) is 21.1. The van der Waals surface area contributed by atoms with Crippen LogP contribution in [-0.2, 0) is 6.42 Å². The van der Waals surface area contributed by atoms with Crippen molar-refractivity contribution >= 4 is 42.9 Å². The normalized spacial score (nSPS) is 14.2. The third-order valence-corrected chi connectivity index (χ3v) is 5.53. The van der Waals surface area contributed by atoms with Gasteiger partial charge in [0.25, 0.3) is 0 Å². The summed E-state index contributed by atoms with van der Waals surface area (Å²) in [6.45, 7) is 3.83. The Morgan fingerprint density at radius 2 is 1.35 bits per heavy atom. The van der Waals surface area contributed by atoms with Gasteiger partial charge >= 0.3 is 0 Å². The largest absolute Gasteiger partial charge is 0.490 e. The van der Waals surface area contributed by atoms with Crippen LogP contribution in [0.1, 0.15) is 11.1 Å². The van der Waals surface area contributed by atoms with Crippen molar-refractivity contribution in [3.63, 3.8) is 0 Å². The van der Waals surface area contributed by atoms with Gasteiger partial charge in [0.15, 0.2) is 0 Å². The van der Waals surface area contributed by atoms with Crippen molar-refractivity contribution in [1.29, 1.82) is 0 Å². The summed E-state index contributed by atoms with van der Waals surface area (Å²) >= 11 is 0. The number of halogens is 5. The second-order valence-corrected chi connectivity index (χ2v) is 7.85. The van der Waals surface area contributed by atoms with Gasteiger partial charge in [-0.25, -0.2) is 8.78 Å². The second kappa shape index (κ2) is 15.0. The van der Waals surface area contributed by atoms with Crippen molar-refractivity contribution in [3.8, 4) is 5.75 Å². The predicted molar refractivity (Wildman–Crippen MR) is 141 cm³/mol. The minimum absolute atomic E-state index is 0. The van der Waals surface area contributed by atoms with Crippen molar-refractivity contribution in [2.45, 2.75) is 12.6 Å². The molecule has 0 radical (unpaired) electrons. The van der Waals surface area contributed by atoms with E-state index in [1.54, 1.807) is 24.5 Å². The number of hydrogen-bond acceptors (Lipinski definition) is 4. The van der Waals surface area contributed by atoms with Crippen LogP contribution in [0.2, 0.25) is 0 Å². The van der Waals surface area contributed by atoms with Gasteiger partial charge in [-0.1, -0.05) is 24.3 Å². The molecule has 1 atom stereocenters. The van der Waals surface area contributed by atoms with E-state index in [0.29, 0.717) is 12.3 Å². The summed E-state index contributed by atoms with van der Waals surface area (Å²) in [7, 11) is 0. The zero-order chi connectivity index (χ0) is 21.5. The van der Waals surface area contributed by atoms with Gasteiger partial charge in [-0.05, 0) is 53.9 Å². The van der Waals surface area contributed by atoms with Gasteiger partial charge in [0, 0.05) is 50.8 Å². The van der Waals surface area contributed by atoms with Gasteiger partial charge in [0.1, 0.15) is 24.3 Å². The Hall–Kier alpha value is -2.12. The molecule has 0 spiro atoms. The van der Waals surface area contributed by atoms with Crippen LogP contribution >= 0.6 is 37.2 Å². The molecule has 1 aromatic heterocycles. The lowest BCUT2D eigenvalue weighted by Gasteiger charge is -2.36. The van der Waals surface area contributed by atoms with Crippen LogP contribution in [0.4, 0.5) is 14.5 Å². The first-order valence-electron chi connectivity index (χ1n) is 10.6. The van der Waals surface area contributed by atoms with E-state index in [1.165, 1.54) is 23.4 Å². The molecule has 2 aromatic carbocycles. The molecule has 34 heavy (non-hydrogen) atoms. The first kappa shape index (κ1) is 29.9. The fourth-order valence-corrected chi connectivity index (χ4v) is 3.81. The molecule has 0 aliphatic carbocycles. The average Bonchev–Trinajstić information content (AvgIpc) is 2.81. The number of benzene rings is 2. The number of piperazine rings is 1. The summed E-state index contributed by atoms with van der Waals surface area (Å²) in [5.41, 5.74) is 3.47. The van der Waals surface area contributed by atoms with Crippen LogP contribution in [-0.4, -0.2) is 55.4 Å². The topological polar surface area (TPSA) is 28.6 Å². The molecule has 3 aromatic rings. The Morgan fingerprint density at radius 3 is 1.94 bits per heavy atom. The van der Waals surface area contributed by atoms with Gasteiger partial charge in [0.05, 0.1) is 0 Å². The molecule has 0 amide bonds. The number of anilines is 1. The number of ether oxygens (including phenoxy) is 1. The number of hydrogen-bond donors (Lipinski definition) is 0. The Balaban J connectivity index is 0.00000193. The number of aromatic nitrogens is 1. The molecule has 1 fully saturated rings. The maximum atomic E-state index is 14.3. The molecule has 186 valence electrons. The highest BCUT2D eigenvalue weighted by atomic mass is 35.5. The van der Waals surface area contributed by atoms with E-state index in [0.717, 1.165) is 38.2 Å². The standard InChI is InChI=1S/C25H27F2N3O.3ClH/c26-22-5-1-20(2-6-22)17-21-3-7-24(8-4-21)30-15-13-29(14-16-30)18-23(27)19-31-25-9-11-28-12-10-25;;;/h1-12,23H,13-19H2;3*1H. The smallest absolute Gasteiger partial charge is 0.147 e. The van der Waals surface area contributed by atoms with E-state index in [2.05, 4.69) is 39.0 Å². The molecule has 0 N–H and O–H groups in total. The lowest BCUT2D eigenvalue weighted by Crippen LogP contribution is -2.48. The lowest BCUT2D eigenvalue weighted by atomic mass is 10.0. The maximum Gasteiger partial charge on any atom is 0.147 e. The van der Waals surface area contributed by atoms with Gasteiger partial charge in [-0.15, -0.1) is 37.2 Å². The Bertz CT molecular complexity index is 942.